The number of carbonyl (C=O) groups is 1. The van der Waals surface area contributed by atoms with Gasteiger partial charge in [0.2, 0.25) is 11.8 Å². The molecule has 2 aromatic carbocycles. The van der Waals surface area contributed by atoms with Crippen molar-refractivity contribution < 1.29 is 14.1 Å². The summed E-state index contributed by atoms with van der Waals surface area (Å²) in [7, 11) is 3.48. The molecule has 0 unspecified atom stereocenters. The molecule has 1 heterocycles. The van der Waals surface area contributed by atoms with E-state index >= 15 is 0 Å². The Morgan fingerprint density at radius 2 is 1.93 bits per heavy atom. The number of hydrogen-bond donors (Lipinski definition) is 0. The third-order valence-corrected chi connectivity index (χ3v) is 4.49. The van der Waals surface area contributed by atoms with Crippen LogP contribution in [0.3, 0.4) is 0 Å². The lowest BCUT2D eigenvalue weighted by Crippen LogP contribution is -2.26. The van der Waals surface area contributed by atoms with E-state index in [1.165, 1.54) is 0 Å². The van der Waals surface area contributed by atoms with E-state index < -0.39 is 0 Å². The highest BCUT2D eigenvalue weighted by atomic mass is 16.5. The van der Waals surface area contributed by atoms with Crippen molar-refractivity contribution in [1.29, 1.82) is 0 Å². The van der Waals surface area contributed by atoms with Crippen molar-refractivity contribution in [3.63, 3.8) is 0 Å². The van der Waals surface area contributed by atoms with Gasteiger partial charge in [-0.25, -0.2) is 0 Å². The van der Waals surface area contributed by atoms with Crippen LogP contribution in [0.15, 0.2) is 40.9 Å². The molecule has 0 fully saturated rings. The summed E-state index contributed by atoms with van der Waals surface area (Å²) in [4.78, 5) is 18.5. The number of rotatable bonds is 8. The summed E-state index contributed by atoms with van der Waals surface area (Å²) in [5.41, 5.74) is 1.09. The number of ether oxygens (including phenoxy) is 1. The molecule has 0 atom stereocenters. The van der Waals surface area contributed by atoms with Gasteiger partial charge in [0.25, 0.3) is 0 Å². The van der Waals surface area contributed by atoms with Crippen LogP contribution in [-0.2, 0) is 24.2 Å². The monoisotopic (exact) mass is 367 g/mol. The predicted molar refractivity (Wildman–Crippen MR) is 104 cm³/mol. The minimum Gasteiger partial charge on any atom is -0.497 e. The van der Waals surface area contributed by atoms with Crippen molar-refractivity contribution in [3.8, 4) is 5.75 Å². The molecule has 0 spiro atoms. The number of amides is 1. The number of aryl methyl sites for hydroxylation is 2. The molecule has 6 nitrogen and oxygen atoms in total. The van der Waals surface area contributed by atoms with Gasteiger partial charge in [-0.3, -0.25) is 4.79 Å². The van der Waals surface area contributed by atoms with Gasteiger partial charge in [-0.15, -0.1) is 0 Å². The van der Waals surface area contributed by atoms with Crippen molar-refractivity contribution in [2.75, 3.05) is 14.2 Å². The molecule has 27 heavy (non-hydrogen) atoms. The average Bonchev–Trinajstić information content (AvgIpc) is 3.13. The Hall–Kier alpha value is -2.89. The van der Waals surface area contributed by atoms with Crippen LogP contribution in [0, 0.1) is 0 Å². The topological polar surface area (TPSA) is 68.5 Å². The van der Waals surface area contributed by atoms with Crippen LogP contribution in [0.2, 0.25) is 0 Å². The molecule has 0 aliphatic heterocycles. The quantitative estimate of drug-likeness (QED) is 0.606. The van der Waals surface area contributed by atoms with Gasteiger partial charge in [0.05, 0.1) is 7.11 Å². The summed E-state index contributed by atoms with van der Waals surface area (Å²) < 4.78 is 10.4. The predicted octanol–water partition coefficient (Wildman–Crippen LogP) is 3.78. The van der Waals surface area contributed by atoms with Crippen LogP contribution >= 0.6 is 0 Å². The molecular formula is C21H25N3O3. The molecule has 0 bridgehead atoms. The van der Waals surface area contributed by atoms with E-state index in [4.69, 9.17) is 9.26 Å². The van der Waals surface area contributed by atoms with E-state index in [2.05, 4.69) is 29.2 Å². The molecular weight excluding hydrogens is 342 g/mol. The molecule has 142 valence electrons. The van der Waals surface area contributed by atoms with Crippen LogP contribution < -0.4 is 4.74 Å². The summed E-state index contributed by atoms with van der Waals surface area (Å²) in [6.45, 7) is 2.63. The van der Waals surface area contributed by atoms with E-state index in [1.54, 1.807) is 12.0 Å². The maximum Gasteiger partial charge on any atom is 0.227 e. The second-order valence-corrected chi connectivity index (χ2v) is 6.65. The van der Waals surface area contributed by atoms with E-state index in [0.717, 1.165) is 34.9 Å². The lowest BCUT2D eigenvalue weighted by molar-refractivity contribution is -0.130. The van der Waals surface area contributed by atoms with Gasteiger partial charge < -0.3 is 14.2 Å². The van der Waals surface area contributed by atoms with Crippen molar-refractivity contribution >= 4 is 16.7 Å². The number of fused-ring (bicyclic) bond motifs is 1. The standard InChI is InChI=1S/C21H25N3O3/c1-4-5-19-22-20(27-23-19)10-11-21(25)24(2)14-15-6-7-17-13-18(26-3)9-8-16(17)12-15/h6-9,12-13H,4-5,10-11,14H2,1-3H3. The Bertz CT molecular complexity index is 920. The minimum absolute atomic E-state index is 0.0556. The first-order valence-electron chi connectivity index (χ1n) is 9.21. The van der Waals surface area contributed by atoms with Gasteiger partial charge in [0, 0.05) is 32.9 Å². The molecule has 0 saturated heterocycles. The molecule has 0 radical (unpaired) electrons. The summed E-state index contributed by atoms with van der Waals surface area (Å²) in [6, 6.07) is 12.2. The van der Waals surface area contributed by atoms with Gasteiger partial charge in [-0.1, -0.05) is 30.3 Å². The molecule has 0 aliphatic carbocycles. The zero-order valence-corrected chi connectivity index (χ0v) is 16.1. The number of aromatic nitrogens is 2. The Labute approximate surface area is 159 Å². The molecule has 6 heteroatoms. The van der Waals surface area contributed by atoms with E-state index in [0.29, 0.717) is 31.1 Å². The van der Waals surface area contributed by atoms with Gasteiger partial charge in [-0.2, -0.15) is 4.98 Å². The van der Waals surface area contributed by atoms with Crippen molar-refractivity contribution in [2.45, 2.75) is 39.2 Å². The summed E-state index contributed by atoms with van der Waals surface area (Å²) in [5, 5.41) is 6.16. The maximum atomic E-state index is 12.4. The van der Waals surface area contributed by atoms with Crippen molar-refractivity contribution in [1.82, 2.24) is 15.0 Å². The van der Waals surface area contributed by atoms with Gasteiger partial charge in [0.15, 0.2) is 5.82 Å². The van der Waals surface area contributed by atoms with Crippen LogP contribution in [0.25, 0.3) is 10.8 Å². The first kappa shape index (κ1) is 18.9. The molecule has 1 aromatic heterocycles. The highest BCUT2D eigenvalue weighted by Gasteiger charge is 2.13. The normalized spacial score (nSPS) is 10.9. The Morgan fingerprint density at radius 1 is 1.15 bits per heavy atom. The third-order valence-electron chi connectivity index (χ3n) is 4.49. The highest BCUT2D eigenvalue weighted by Crippen LogP contribution is 2.22. The fourth-order valence-electron chi connectivity index (χ4n) is 2.98. The maximum absolute atomic E-state index is 12.4. The van der Waals surface area contributed by atoms with Gasteiger partial charge in [-0.05, 0) is 41.0 Å². The Morgan fingerprint density at radius 3 is 2.70 bits per heavy atom. The average molecular weight is 367 g/mol. The van der Waals surface area contributed by atoms with E-state index in [-0.39, 0.29) is 5.91 Å². The van der Waals surface area contributed by atoms with Gasteiger partial charge in [0.1, 0.15) is 5.75 Å². The minimum atomic E-state index is 0.0556. The fraction of sp³-hybridized carbons (Fsp3) is 0.381. The molecule has 0 N–H and O–H groups in total. The third kappa shape index (κ3) is 4.84. The summed E-state index contributed by atoms with van der Waals surface area (Å²) in [5.74, 6) is 2.13. The SMILES string of the molecule is CCCc1noc(CCC(=O)N(C)Cc2ccc3cc(OC)ccc3c2)n1. The van der Waals surface area contributed by atoms with Crippen molar-refractivity contribution in [3.05, 3.63) is 53.7 Å². The van der Waals surface area contributed by atoms with Crippen molar-refractivity contribution in [2.24, 2.45) is 0 Å². The molecule has 3 aromatic rings. The van der Waals surface area contributed by atoms with E-state index in [1.807, 2.05) is 31.3 Å². The number of hydrogen-bond acceptors (Lipinski definition) is 5. The number of nitrogens with zero attached hydrogens (tertiary/aromatic N) is 3. The van der Waals surface area contributed by atoms with Crippen LogP contribution in [0.5, 0.6) is 5.75 Å². The van der Waals surface area contributed by atoms with E-state index in [9.17, 15) is 4.79 Å². The summed E-state index contributed by atoms with van der Waals surface area (Å²) >= 11 is 0. The second kappa shape index (κ2) is 8.66. The first-order chi connectivity index (χ1) is 13.1. The molecule has 1 amide bonds. The lowest BCUT2D eigenvalue weighted by atomic mass is 10.1. The summed E-state index contributed by atoms with van der Waals surface area (Å²) in [6.07, 6.45) is 2.59. The number of benzene rings is 2. The molecule has 0 aliphatic rings. The lowest BCUT2D eigenvalue weighted by Gasteiger charge is -2.17. The largest absolute Gasteiger partial charge is 0.497 e. The smallest absolute Gasteiger partial charge is 0.227 e. The highest BCUT2D eigenvalue weighted by molar-refractivity contribution is 5.84. The zero-order valence-electron chi connectivity index (χ0n) is 16.1. The molecule has 0 saturated carbocycles. The Kier molecular flexibility index (Phi) is 6.06. The van der Waals surface area contributed by atoms with Crippen LogP contribution in [-0.4, -0.2) is 35.1 Å². The Balaban J connectivity index is 1.57. The zero-order chi connectivity index (χ0) is 19.2. The fourth-order valence-corrected chi connectivity index (χ4v) is 2.98. The van der Waals surface area contributed by atoms with Crippen LogP contribution in [0.4, 0.5) is 0 Å². The second-order valence-electron chi connectivity index (χ2n) is 6.65. The number of carbonyl (C=O) groups excluding carboxylic acids is 1. The number of methoxy groups -OCH3 is 1. The molecule has 3 rings (SSSR count). The van der Waals surface area contributed by atoms with Gasteiger partial charge >= 0.3 is 0 Å². The first-order valence-corrected chi connectivity index (χ1v) is 9.21. The van der Waals surface area contributed by atoms with Crippen LogP contribution in [0.1, 0.15) is 37.0 Å².